The lowest BCUT2D eigenvalue weighted by atomic mass is 10.0. The third-order valence-electron chi connectivity index (χ3n) is 3.56. The second-order valence-corrected chi connectivity index (χ2v) is 7.96. The number of aromatic amines is 1. The number of pyridine rings is 1. The molecule has 2 heterocycles. The van der Waals surface area contributed by atoms with Crippen molar-refractivity contribution in [3.8, 4) is 11.1 Å². The lowest BCUT2D eigenvalue weighted by Crippen LogP contribution is -2.13. The number of hydrogen-bond acceptors (Lipinski definition) is 3. The molecule has 2 aromatic heterocycles. The van der Waals surface area contributed by atoms with E-state index >= 15 is 0 Å². The zero-order valence-corrected chi connectivity index (χ0v) is 15.4. The number of nitrogens with one attached hydrogen (secondary N) is 1. The molecule has 2 N–H and O–H groups in total. The van der Waals surface area contributed by atoms with Gasteiger partial charge in [-0.1, -0.05) is 22.8 Å². The quantitative estimate of drug-likeness (QED) is 0.634. The van der Waals surface area contributed by atoms with E-state index in [9.17, 15) is 9.66 Å². The number of aliphatic hydroxyl groups is 1. The fourth-order valence-corrected chi connectivity index (χ4v) is 3.71. The Kier molecular flexibility index (Phi) is 4.98. The van der Waals surface area contributed by atoms with E-state index in [1.165, 1.54) is 0 Å². The van der Waals surface area contributed by atoms with Crippen LogP contribution in [0.1, 0.15) is 11.8 Å². The monoisotopic (exact) mass is 412 g/mol. The first-order chi connectivity index (χ1) is 11.0. The topological polar surface area (TPSA) is 72.0 Å². The zero-order chi connectivity index (χ0) is 16.6. The number of H-pyrrole nitrogens is 1. The lowest BCUT2D eigenvalue weighted by molar-refractivity contribution is 0.198. The molecule has 0 amide bonds. The average Bonchev–Trinajstić information content (AvgIpc) is 2.86. The first kappa shape index (κ1) is 16.8. The van der Waals surface area contributed by atoms with Gasteiger partial charge in [0.1, 0.15) is 11.9 Å². The molecule has 0 fully saturated rings. The Hall–Kier alpha value is -1.05. The number of aliphatic hydroxyl groups excluding tert-OH is 1. The van der Waals surface area contributed by atoms with Crippen LogP contribution >= 0.6 is 27.5 Å². The number of halogens is 2. The largest absolute Gasteiger partial charge is 0.616 e. The summed E-state index contributed by atoms with van der Waals surface area (Å²) in [5.74, 6) is 0.166. The predicted octanol–water partition coefficient (Wildman–Crippen LogP) is 4.06. The third kappa shape index (κ3) is 3.41. The maximum atomic E-state index is 11.5. The molecule has 2 atom stereocenters. The molecule has 2 unspecified atom stereocenters. The van der Waals surface area contributed by atoms with E-state index in [4.69, 9.17) is 11.6 Å². The maximum absolute atomic E-state index is 11.5. The van der Waals surface area contributed by atoms with Gasteiger partial charge in [-0.3, -0.25) is 4.98 Å². The summed E-state index contributed by atoms with van der Waals surface area (Å²) in [6, 6.07) is 7.48. The van der Waals surface area contributed by atoms with Crippen molar-refractivity contribution in [2.45, 2.75) is 6.10 Å². The Morgan fingerprint density at radius 3 is 2.74 bits per heavy atom. The van der Waals surface area contributed by atoms with Crippen LogP contribution in [-0.4, -0.2) is 31.6 Å². The number of rotatable bonds is 4. The minimum absolute atomic E-state index is 0.166. The van der Waals surface area contributed by atoms with Crippen molar-refractivity contribution in [1.29, 1.82) is 0 Å². The van der Waals surface area contributed by atoms with Crippen LogP contribution in [0.2, 0.25) is 5.02 Å². The molecule has 0 aliphatic carbocycles. The van der Waals surface area contributed by atoms with Gasteiger partial charge in [0.25, 0.3) is 0 Å². The molecule has 3 aromatic rings. The van der Waals surface area contributed by atoms with Crippen molar-refractivity contribution in [2.75, 3.05) is 12.0 Å². The number of aromatic nitrogens is 2. The van der Waals surface area contributed by atoms with Crippen LogP contribution in [0.3, 0.4) is 0 Å². The summed E-state index contributed by atoms with van der Waals surface area (Å²) in [4.78, 5) is 7.28. The molecular formula is C16H14BrClN2O2S. The van der Waals surface area contributed by atoms with Gasteiger partial charge in [-0.2, -0.15) is 0 Å². The van der Waals surface area contributed by atoms with Gasteiger partial charge in [-0.15, -0.1) is 0 Å². The molecule has 23 heavy (non-hydrogen) atoms. The fraction of sp³-hybridized carbons (Fsp3) is 0.188. The first-order valence-corrected chi connectivity index (χ1v) is 9.76. The average molecular weight is 414 g/mol. The van der Waals surface area contributed by atoms with Crippen molar-refractivity contribution < 1.29 is 9.66 Å². The predicted molar refractivity (Wildman–Crippen MR) is 98.1 cm³/mol. The first-order valence-electron chi connectivity index (χ1n) is 6.86. The SMILES string of the molecule is C[S+]([O-])CC(O)c1[nH]c2cc(Br)c(Cl)cc2c1-c1ccncc1. The number of nitrogens with zero attached hydrogens (tertiary/aromatic N) is 1. The van der Waals surface area contributed by atoms with Crippen LogP contribution in [0.25, 0.3) is 22.0 Å². The molecule has 3 rings (SSSR count). The Bertz CT molecular complexity index is 839. The summed E-state index contributed by atoms with van der Waals surface area (Å²) in [7, 11) is 0. The van der Waals surface area contributed by atoms with Crippen molar-refractivity contribution in [3.05, 3.63) is 51.8 Å². The second-order valence-electron chi connectivity index (χ2n) is 5.22. The summed E-state index contributed by atoms with van der Waals surface area (Å²) < 4.78 is 12.3. The van der Waals surface area contributed by atoms with E-state index in [0.29, 0.717) is 10.7 Å². The molecule has 4 nitrogen and oxygen atoms in total. The van der Waals surface area contributed by atoms with Gasteiger partial charge < -0.3 is 14.6 Å². The lowest BCUT2D eigenvalue weighted by Gasteiger charge is -2.13. The highest BCUT2D eigenvalue weighted by Crippen LogP contribution is 2.39. The van der Waals surface area contributed by atoms with Gasteiger partial charge in [0, 0.05) is 33.3 Å². The number of hydrogen-bond donors (Lipinski definition) is 2. The highest BCUT2D eigenvalue weighted by atomic mass is 79.9. The standard InChI is InChI=1S/C16H14BrClN2O2S/c1-23(22)8-14(21)16-15(9-2-4-19-5-3-9)10-6-12(18)11(17)7-13(10)20-16/h2-7,14,20-21H,8H2,1H3. The van der Waals surface area contributed by atoms with Gasteiger partial charge in [-0.05, 0) is 45.8 Å². The van der Waals surface area contributed by atoms with E-state index in [1.807, 2.05) is 24.3 Å². The van der Waals surface area contributed by atoms with E-state index in [1.54, 1.807) is 18.6 Å². The van der Waals surface area contributed by atoms with Crippen molar-refractivity contribution >= 4 is 49.6 Å². The van der Waals surface area contributed by atoms with E-state index in [2.05, 4.69) is 25.9 Å². The molecule has 7 heteroatoms. The van der Waals surface area contributed by atoms with Crippen LogP contribution in [0.15, 0.2) is 41.1 Å². The van der Waals surface area contributed by atoms with Gasteiger partial charge in [0.05, 0.1) is 17.0 Å². The summed E-state index contributed by atoms with van der Waals surface area (Å²) in [6.45, 7) is 0. The summed E-state index contributed by atoms with van der Waals surface area (Å²) in [6.07, 6.45) is 4.12. The molecule has 0 spiro atoms. The van der Waals surface area contributed by atoms with Crippen LogP contribution < -0.4 is 0 Å². The van der Waals surface area contributed by atoms with Gasteiger partial charge >= 0.3 is 0 Å². The zero-order valence-electron chi connectivity index (χ0n) is 12.2. The highest BCUT2D eigenvalue weighted by molar-refractivity contribution is 9.10. The molecule has 0 aliphatic heterocycles. The van der Waals surface area contributed by atoms with E-state index in [0.717, 1.165) is 26.5 Å². The van der Waals surface area contributed by atoms with Crippen molar-refractivity contribution in [2.24, 2.45) is 0 Å². The van der Waals surface area contributed by atoms with Crippen LogP contribution in [-0.2, 0) is 11.2 Å². The number of benzene rings is 1. The minimum Gasteiger partial charge on any atom is -0.616 e. The van der Waals surface area contributed by atoms with E-state index in [-0.39, 0.29) is 5.75 Å². The summed E-state index contributed by atoms with van der Waals surface area (Å²) >= 11 is 8.54. The molecule has 0 radical (unpaired) electrons. The Balaban J connectivity index is 2.26. The Morgan fingerprint density at radius 2 is 2.09 bits per heavy atom. The smallest absolute Gasteiger partial charge is 0.139 e. The van der Waals surface area contributed by atoms with E-state index < -0.39 is 17.3 Å². The third-order valence-corrected chi connectivity index (χ3v) is 5.55. The van der Waals surface area contributed by atoms with Crippen molar-refractivity contribution in [3.63, 3.8) is 0 Å². The Morgan fingerprint density at radius 1 is 1.39 bits per heavy atom. The highest BCUT2D eigenvalue weighted by Gasteiger charge is 2.23. The van der Waals surface area contributed by atoms with Crippen LogP contribution in [0.4, 0.5) is 0 Å². The molecule has 120 valence electrons. The normalized spacial score (nSPS) is 14.1. The number of fused-ring (bicyclic) bond motifs is 1. The van der Waals surface area contributed by atoms with Crippen LogP contribution in [0, 0.1) is 0 Å². The van der Waals surface area contributed by atoms with Gasteiger partial charge in [0.2, 0.25) is 0 Å². The summed E-state index contributed by atoms with van der Waals surface area (Å²) in [5.41, 5.74) is 3.26. The molecule has 0 saturated heterocycles. The maximum Gasteiger partial charge on any atom is 0.139 e. The molecular weight excluding hydrogens is 400 g/mol. The molecule has 1 aromatic carbocycles. The van der Waals surface area contributed by atoms with Crippen molar-refractivity contribution in [1.82, 2.24) is 9.97 Å². The summed E-state index contributed by atoms with van der Waals surface area (Å²) in [5, 5.41) is 12.0. The Labute approximate surface area is 150 Å². The fourth-order valence-electron chi connectivity index (χ4n) is 2.59. The molecule has 0 saturated carbocycles. The van der Waals surface area contributed by atoms with Gasteiger partial charge in [0.15, 0.2) is 0 Å². The molecule has 0 aliphatic rings. The molecule has 0 bridgehead atoms. The second kappa shape index (κ2) is 6.83. The van der Waals surface area contributed by atoms with Crippen LogP contribution in [0.5, 0.6) is 0 Å². The van der Waals surface area contributed by atoms with Gasteiger partial charge in [-0.25, -0.2) is 0 Å². The minimum atomic E-state index is -1.11.